The van der Waals surface area contributed by atoms with Crippen molar-refractivity contribution in [2.24, 2.45) is 5.41 Å². The van der Waals surface area contributed by atoms with Gasteiger partial charge < -0.3 is 0 Å². The monoisotopic (exact) mass is 236 g/mol. The van der Waals surface area contributed by atoms with Gasteiger partial charge >= 0.3 is 0 Å². The van der Waals surface area contributed by atoms with Crippen LogP contribution in [0.5, 0.6) is 0 Å². The minimum Gasteiger partial charge on any atom is -0.299 e. The van der Waals surface area contributed by atoms with Crippen LogP contribution in [0.15, 0.2) is 24.3 Å². The molecule has 0 heterocycles. The fraction of sp³-hybridized carbons (Fsp3) is 0.500. The fourth-order valence-corrected chi connectivity index (χ4v) is 3.22. The predicted octanol–water partition coefficient (Wildman–Crippen LogP) is 4.20. The molecule has 0 spiro atoms. The molecule has 1 fully saturated rings. The van der Waals surface area contributed by atoms with E-state index in [0.717, 1.165) is 23.4 Å². The molecular weight excluding hydrogens is 220 g/mol. The van der Waals surface area contributed by atoms with E-state index in [4.69, 9.17) is 11.6 Å². The molecule has 1 nitrogen and oxygen atoms in total. The molecular formula is C14H17ClO. The maximum absolute atomic E-state index is 11.9. The van der Waals surface area contributed by atoms with Crippen LogP contribution >= 0.6 is 11.6 Å². The highest BCUT2D eigenvalue weighted by atomic mass is 35.5. The lowest BCUT2D eigenvalue weighted by atomic mass is 9.54. The van der Waals surface area contributed by atoms with E-state index >= 15 is 0 Å². The molecule has 16 heavy (non-hydrogen) atoms. The Morgan fingerprint density at radius 3 is 2.44 bits per heavy atom. The van der Waals surface area contributed by atoms with E-state index in [1.807, 2.05) is 18.2 Å². The van der Waals surface area contributed by atoms with E-state index in [1.165, 1.54) is 0 Å². The van der Waals surface area contributed by atoms with Crippen molar-refractivity contribution in [3.63, 3.8) is 0 Å². The lowest BCUT2D eigenvalue weighted by Crippen LogP contribution is -2.47. The van der Waals surface area contributed by atoms with Crippen molar-refractivity contribution in [1.82, 2.24) is 0 Å². The number of carbonyl (C=O) groups excluding carboxylic acids is 1. The predicted molar refractivity (Wildman–Crippen MR) is 66.8 cm³/mol. The minimum absolute atomic E-state index is 0.148. The molecule has 1 saturated carbocycles. The molecule has 1 aromatic rings. The Kier molecular flexibility index (Phi) is 3.07. The number of hydrogen-bond donors (Lipinski definition) is 0. The van der Waals surface area contributed by atoms with E-state index < -0.39 is 0 Å². The Morgan fingerprint density at radius 1 is 1.31 bits per heavy atom. The SMILES string of the molecule is CCC1(CC)C(=O)CC1c1ccccc1Cl. The number of Topliss-reactive ketones (excluding diaryl/α,β-unsaturated/α-hetero) is 1. The van der Waals surface area contributed by atoms with Crippen LogP contribution in [0.25, 0.3) is 0 Å². The highest BCUT2D eigenvalue weighted by molar-refractivity contribution is 6.31. The van der Waals surface area contributed by atoms with Crippen molar-refractivity contribution in [3.8, 4) is 0 Å². The van der Waals surface area contributed by atoms with Gasteiger partial charge in [-0.2, -0.15) is 0 Å². The van der Waals surface area contributed by atoms with Crippen molar-refractivity contribution in [2.75, 3.05) is 0 Å². The number of carbonyl (C=O) groups is 1. The van der Waals surface area contributed by atoms with Crippen molar-refractivity contribution in [1.29, 1.82) is 0 Å². The van der Waals surface area contributed by atoms with Crippen molar-refractivity contribution >= 4 is 17.4 Å². The van der Waals surface area contributed by atoms with Gasteiger partial charge in [0, 0.05) is 22.8 Å². The Bertz CT molecular complexity index is 407. The Hall–Kier alpha value is -0.820. The first kappa shape index (κ1) is 11.7. The van der Waals surface area contributed by atoms with E-state index in [-0.39, 0.29) is 5.41 Å². The van der Waals surface area contributed by atoms with Gasteiger partial charge in [-0.05, 0) is 24.5 Å². The molecule has 0 radical (unpaired) electrons. The van der Waals surface area contributed by atoms with Crippen molar-refractivity contribution in [2.45, 2.75) is 39.0 Å². The van der Waals surface area contributed by atoms with Crippen LogP contribution in [-0.2, 0) is 4.79 Å². The zero-order valence-corrected chi connectivity index (χ0v) is 10.6. The molecule has 0 amide bonds. The molecule has 0 aliphatic heterocycles. The van der Waals surface area contributed by atoms with Crippen LogP contribution < -0.4 is 0 Å². The van der Waals surface area contributed by atoms with Gasteiger partial charge in [-0.1, -0.05) is 43.6 Å². The summed E-state index contributed by atoms with van der Waals surface area (Å²) in [5.41, 5.74) is 0.998. The third-order valence-corrected chi connectivity index (χ3v) is 4.50. The van der Waals surface area contributed by atoms with Gasteiger partial charge in [0.2, 0.25) is 0 Å². The highest BCUT2D eigenvalue weighted by Crippen LogP contribution is 2.55. The number of halogens is 1. The van der Waals surface area contributed by atoms with E-state index in [0.29, 0.717) is 18.1 Å². The van der Waals surface area contributed by atoms with Gasteiger partial charge in [0.1, 0.15) is 5.78 Å². The first-order chi connectivity index (χ1) is 7.65. The van der Waals surface area contributed by atoms with Crippen LogP contribution in [0.3, 0.4) is 0 Å². The summed E-state index contributed by atoms with van der Waals surface area (Å²) in [5.74, 6) is 0.728. The molecule has 1 unspecified atom stereocenters. The first-order valence-electron chi connectivity index (χ1n) is 5.93. The van der Waals surface area contributed by atoms with Gasteiger partial charge in [0.15, 0.2) is 0 Å². The summed E-state index contributed by atoms with van der Waals surface area (Å²) in [7, 11) is 0. The van der Waals surface area contributed by atoms with Gasteiger partial charge in [-0.3, -0.25) is 4.79 Å². The Balaban J connectivity index is 2.37. The maximum atomic E-state index is 11.9. The molecule has 86 valence electrons. The molecule has 1 aliphatic carbocycles. The Labute approximate surface area is 102 Å². The Morgan fingerprint density at radius 2 is 1.94 bits per heavy atom. The maximum Gasteiger partial charge on any atom is 0.140 e. The summed E-state index contributed by atoms with van der Waals surface area (Å²) in [6.45, 7) is 4.20. The van der Waals surface area contributed by atoms with Crippen LogP contribution in [0.4, 0.5) is 0 Å². The summed E-state index contributed by atoms with van der Waals surface area (Å²) >= 11 is 6.21. The van der Waals surface area contributed by atoms with Crippen LogP contribution in [0, 0.1) is 5.41 Å². The third kappa shape index (κ3) is 1.49. The van der Waals surface area contributed by atoms with E-state index in [9.17, 15) is 4.79 Å². The normalized spacial score (nSPS) is 22.9. The van der Waals surface area contributed by atoms with Gasteiger partial charge in [0.05, 0.1) is 0 Å². The summed E-state index contributed by atoms with van der Waals surface area (Å²) in [6, 6.07) is 7.90. The molecule has 0 saturated heterocycles. The van der Waals surface area contributed by atoms with E-state index in [2.05, 4.69) is 19.9 Å². The average molecular weight is 237 g/mol. The second-order valence-electron chi connectivity index (χ2n) is 4.56. The molecule has 1 atom stereocenters. The first-order valence-corrected chi connectivity index (χ1v) is 6.31. The number of ketones is 1. The zero-order valence-electron chi connectivity index (χ0n) is 9.79. The lowest BCUT2D eigenvalue weighted by Gasteiger charge is -2.47. The van der Waals surface area contributed by atoms with Gasteiger partial charge in [-0.25, -0.2) is 0 Å². The average Bonchev–Trinajstić information content (AvgIpc) is 2.29. The quantitative estimate of drug-likeness (QED) is 0.769. The highest BCUT2D eigenvalue weighted by Gasteiger charge is 2.52. The van der Waals surface area contributed by atoms with E-state index in [1.54, 1.807) is 0 Å². The minimum atomic E-state index is -0.148. The van der Waals surface area contributed by atoms with Gasteiger partial charge in [-0.15, -0.1) is 0 Å². The van der Waals surface area contributed by atoms with Crippen molar-refractivity contribution < 1.29 is 4.79 Å². The topological polar surface area (TPSA) is 17.1 Å². The molecule has 2 heteroatoms. The smallest absolute Gasteiger partial charge is 0.140 e. The summed E-state index contributed by atoms with van der Waals surface area (Å²) in [6.07, 6.45) is 2.49. The second-order valence-corrected chi connectivity index (χ2v) is 4.97. The molecule has 2 rings (SSSR count). The molecule has 1 aromatic carbocycles. The fourth-order valence-electron chi connectivity index (χ4n) is 2.95. The van der Waals surface area contributed by atoms with Crippen molar-refractivity contribution in [3.05, 3.63) is 34.9 Å². The standard InChI is InChI=1S/C14H17ClO/c1-3-14(4-2)11(9-13(14)16)10-7-5-6-8-12(10)15/h5-8,11H,3-4,9H2,1-2H3. The number of hydrogen-bond acceptors (Lipinski definition) is 1. The van der Waals surface area contributed by atoms with Crippen LogP contribution in [0.2, 0.25) is 5.02 Å². The van der Waals surface area contributed by atoms with Gasteiger partial charge in [0.25, 0.3) is 0 Å². The lowest BCUT2D eigenvalue weighted by molar-refractivity contribution is -0.141. The molecule has 0 bridgehead atoms. The summed E-state index contributed by atoms with van der Waals surface area (Å²) in [5, 5.41) is 0.797. The molecule has 1 aliphatic rings. The third-order valence-electron chi connectivity index (χ3n) is 4.15. The van der Waals surface area contributed by atoms with Crippen LogP contribution in [0.1, 0.15) is 44.6 Å². The van der Waals surface area contributed by atoms with Crippen LogP contribution in [-0.4, -0.2) is 5.78 Å². The zero-order chi connectivity index (χ0) is 11.8. The number of rotatable bonds is 3. The largest absolute Gasteiger partial charge is 0.299 e. The summed E-state index contributed by atoms with van der Waals surface area (Å²) < 4.78 is 0. The second kappa shape index (κ2) is 4.21. The summed E-state index contributed by atoms with van der Waals surface area (Å²) in [4.78, 5) is 11.9. The molecule has 0 aromatic heterocycles. The molecule has 0 N–H and O–H groups in total. The number of benzene rings is 1.